The molecule has 3 N–H and O–H groups in total. The van der Waals surface area contributed by atoms with Crippen molar-refractivity contribution >= 4 is 44.2 Å². The second-order valence-corrected chi connectivity index (χ2v) is 7.01. The summed E-state index contributed by atoms with van der Waals surface area (Å²) in [6.45, 7) is 2.02. The van der Waals surface area contributed by atoms with E-state index in [1.807, 2.05) is 29.5 Å². The maximum absolute atomic E-state index is 12.0. The average molecular weight is 396 g/mol. The van der Waals surface area contributed by atoms with Crippen LogP contribution < -0.4 is 10.5 Å². The van der Waals surface area contributed by atoms with Crippen LogP contribution in [0.15, 0.2) is 23.1 Å². The van der Waals surface area contributed by atoms with E-state index in [4.69, 9.17) is 5.73 Å². The third-order valence-electron chi connectivity index (χ3n) is 2.54. The normalized spacial score (nSPS) is 11.3. The van der Waals surface area contributed by atoms with Crippen molar-refractivity contribution in [3.63, 3.8) is 0 Å². The van der Waals surface area contributed by atoms with Crippen LogP contribution in [0, 0.1) is 3.57 Å². The smallest absolute Gasteiger partial charge is 0.264 e. The van der Waals surface area contributed by atoms with E-state index in [0.29, 0.717) is 15.7 Å². The standard InChI is InChI=1S/C12H17IN2O3S/c1-2-3-4-5-12(16)15-19(17,18)9-6-7-11(14)10(13)8-9/h6-8H,2-5,14H2,1H3,(H,15,16). The molecule has 1 rings (SSSR count). The molecular weight excluding hydrogens is 379 g/mol. The fourth-order valence-corrected chi connectivity index (χ4v) is 3.24. The van der Waals surface area contributed by atoms with Gasteiger partial charge in [0, 0.05) is 15.7 Å². The van der Waals surface area contributed by atoms with Crippen molar-refractivity contribution < 1.29 is 13.2 Å². The van der Waals surface area contributed by atoms with Crippen LogP contribution in [0.3, 0.4) is 0 Å². The number of hydrogen-bond acceptors (Lipinski definition) is 4. The fourth-order valence-electron chi connectivity index (χ4n) is 1.47. The number of nitrogens with two attached hydrogens (primary N) is 1. The summed E-state index contributed by atoms with van der Waals surface area (Å²) in [7, 11) is -3.80. The predicted molar refractivity (Wildman–Crippen MR) is 83.0 cm³/mol. The van der Waals surface area contributed by atoms with E-state index in [1.165, 1.54) is 18.2 Å². The summed E-state index contributed by atoms with van der Waals surface area (Å²) in [5.41, 5.74) is 6.13. The van der Waals surface area contributed by atoms with Crippen molar-refractivity contribution in [2.75, 3.05) is 5.73 Å². The number of amides is 1. The minimum Gasteiger partial charge on any atom is -0.398 e. The van der Waals surface area contributed by atoms with Gasteiger partial charge >= 0.3 is 0 Å². The highest BCUT2D eigenvalue weighted by Gasteiger charge is 2.18. The molecular formula is C12H17IN2O3S. The van der Waals surface area contributed by atoms with Gasteiger partial charge in [-0.1, -0.05) is 19.8 Å². The molecule has 19 heavy (non-hydrogen) atoms. The van der Waals surface area contributed by atoms with Gasteiger partial charge < -0.3 is 5.73 Å². The summed E-state index contributed by atoms with van der Waals surface area (Å²) in [6.07, 6.45) is 2.81. The molecule has 0 fully saturated rings. The summed E-state index contributed by atoms with van der Waals surface area (Å²) < 4.78 is 26.6. The Balaban J connectivity index is 2.75. The number of halogens is 1. The lowest BCUT2D eigenvalue weighted by molar-refractivity contribution is -0.119. The number of carbonyl (C=O) groups is 1. The largest absolute Gasteiger partial charge is 0.398 e. The third kappa shape index (κ3) is 4.98. The Labute approximate surface area is 127 Å². The molecule has 1 aromatic carbocycles. The minimum absolute atomic E-state index is 0.0509. The monoisotopic (exact) mass is 396 g/mol. The second kappa shape index (κ2) is 7.09. The predicted octanol–water partition coefficient (Wildman–Crippen LogP) is 2.26. The molecule has 106 valence electrons. The molecule has 0 radical (unpaired) electrons. The molecule has 0 aliphatic carbocycles. The van der Waals surface area contributed by atoms with Crippen LogP contribution in [-0.2, 0) is 14.8 Å². The van der Waals surface area contributed by atoms with Gasteiger partial charge in [-0.05, 0) is 47.2 Å². The van der Waals surface area contributed by atoms with Gasteiger partial charge in [-0.25, -0.2) is 13.1 Å². The Morgan fingerprint density at radius 2 is 2.05 bits per heavy atom. The highest BCUT2D eigenvalue weighted by Crippen LogP contribution is 2.19. The summed E-state index contributed by atoms with van der Waals surface area (Å²) >= 11 is 1.95. The molecule has 5 nitrogen and oxygen atoms in total. The first kappa shape index (κ1) is 16.2. The average Bonchev–Trinajstić information content (AvgIpc) is 2.32. The van der Waals surface area contributed by atoms with Crippen molar-refractivity contribution in [1.29, 1.82) is 0 Å². The first-order chi connectivity index (χ1) is 8.86. The lowest BCUT2D eigenvalue weighted by Crippen LogP contribution is -2.30. The second-order valence-electron chi connectivity index (χ2n) is 4.17. The van der Waals surface area contributed by atoms with Gasteiger partial charge in [0.05, 0.1) is 4.90 Å². The molecule has 0 aliphatic heterocycles. The SMILES string of the molecule is CCCCCC(=O)NS(=O)(=O)c1ccc(N)c(I)c1. The summed E-state index contributed by atoms with van der Waals surface area (Å²) in [6, 6.07) is 4.34. The Bertz CT molecular complexity index is 558. The molecule has 0 aromatic heterocycles. The van der Waals surface area contributed by atoms with E-state index >= 15 is 0 Å². The lowest BCUT2D eigenvalue weighted by Gasteiger charge is -2.08. The van der Waals surface area contributed by atoms with Gasteiger partial charge in [0.2, 0.25) is 5.91 Å². The number of anilines is 1. The summed E-state index contributed by atoms with van der Waals surface area (Å²) in [5.74, 6) is -0.472. The van der Waals surface area contributed by atoms with Crippen molar-refractivity contribution in [3.05, 3.63) is 21.8 Å². The Morgan fingerprint density at radius 1 is 1.37 bits per heavy atom. The third-order valence-corrected chi connectivity index (χ3v) is 4.84. The Morgan fingerprint density at radius 3 is 2.63 bits per heavy atom. The zero-order valence-electron chi connectivity index (χ0n) is 10.6. The number of unbranched alkanes of at least 4 members (excludes halogenated alkanes) is 2. The van der Waals surface area contributed by atoms with Gasteiger partial charge in [0.25, 0.3) is 10.0 Å². The van der Waals surface area contributed by atoms with E-state index in [0.717, 1.165) is 12.8 Å². The molecule has 0 saturated carbocycles. The summed E-state index contributed by atoms with van der Waals surface area (Å²) in [4.78, 5) is 11.6. The quantitative estimate of drug-likeness (QED) is 0.439. The van der Waals surface area contributed by atoms with Crippen molar-refractivity contribution in [2.45, 2.75) is 37.5 Å². The molecule has 0 aliphatic rings. The fraction of sp³-hybridized carbons (Fsp3) is 0.417. The van der Waals surface area contributed by atoms with Crippen LogP contribution in [0.5, 0.6) is 0 Å². The molecule has 0 saturated heterocycles. The van der Waals surface area contributed by atoms with Crippen LogP contribution in [0.4, 0.5) is 5.69 Å². The molecule has 7 heteroatoms. The van der Waals surface area contributed by atoms with Crippen LogP contribution in [0.2, 0.25) is 0 Å². The number of benzene rings is 1. The highest BCUT2D eigenvalue weighted by molar-refractivity contribution is 14.1. The summed E-state index contributed by atoms with van der Waals surface area (Å²) in [5, 5.41) is 0. The van der Waals surface area contributed by atoms with Crippen LogP contribution >= 0.6 is 22.6 Å². The van der Waals surface area contributed by atoms with Crippen molar-refractivity contribution in [2.24, 2.45) is 0 Å². The number of nitrogens with one attached hydrogen (secondary N) is 1. The maximum atomic E-state index is 12.0. The number of sulfonamides is 1. The van der Waals surface area contributed by atoms with E-state index in [2.05, 4.69) is 4.72 Å². The highest BCUT2D eigenvalue weighted by atomic mass is 127. The van der Waals surface area contributed by atoms with Crippen LogP contribution in [0.1, 0.15) is 32.6 Å². The minimum atomic E-state index is -3.80. The van der Waals surface area contributed by atoms with Crippen LogP contribution in [0.25, 0.3) is 0 Å². The van der Waals surface area contributed by atoms with Gasteiger partial charge in [-0.15, -0.1) is 0 Å². The first-order valence-corrected chi connectivity index (χ1v) is 8.53. The molecule has 0 atom stereocenters. The Kier molecular flexibility index (Phi) is 6.05. The number of rotatable bonds is 6. The number of carbonyl (C=O) groups excluding carboxylic acids is 1. The zero-order valence-corrected chi connectivity index (χ0v) is 13.6. The number of hydrogen-bond donors (Lipinski definition) is 2. The van der Waals surface area contributed by atoms with E-state index < -0.39 is 15.9 Å². The molecule has 1 aromatic rings. The maximum Gasteiger partial charge on any atom is 0.264 e. The van der Waals surface area contributed by atoms with Gasteiger partial charge in [0.15, 0.2) is 0 Å². The van der Waals surface area contributed by atoms with E-state index in [-0.39, 0.29) is 11.3 Å². The van der Waals surface area contributed by atoms with Crippen LogP contribution in [-0.4, -0.2) is 14.3 Å². The van der Waals surface area contributed by atoms with E-state index in [1.54, 1.807) is 0 Å². The Hall–Kier alpha value is -0.830. The van der Waals surface area contributed by atoms with Crippen molar-refractivity contribution in [1.82, 2.24) is 4.72 Å². The van der Waals surface area contributed by atoms with Gasteiger partial charge in [-0.2, -0.15) is 0 Å². The first-order valence-electron chi connectivity index (χ1n) is 5.97. The van der Waals surface area contributed by atoms with Crippen molar-refractivity contribution in [3.8, 4) is 0 Å². The molecule has 0 heterocycles. The lowest BCUT2D eigenvalue weighted by atomic mass is 10.2. The zero-order chi connectivity index (χ0) is 14.5. The number of nitrogen functional groups attached to an aromatic ring is 1. The van der Waals surface area contributed by atoms with Gasteiger partial charge in [-0.3, -0.25) is 4.79 Å². The molecule has 0 unspecified atom stereocenters. The molecule has 0 spiro atoms. The topological polar surface area (TPSA) is 89.3 Å². The molecule has 0 bridgehead atoms. The molecule has 1 amide bonds. The van der Waals surface area contributed by atoms with E-state index in [9.17, 15) is 13.2 Å². The van der Waals surface area contributed by atoms with Gasteiger partial charge in [0.1, 0.15) is 0 Å².